The third-order valence-corrected chi connectivity index (χ3v) is 3.18. The van der Waals surface area contributed by atoms with Gasteiger partial charge >= 0.3 is 0 Å². The minimum atomic E-state index is -0.384. The summed E-state index contributed by atoms with van der Waals surface area (Å²) in [6.07, 6.45) is 1.18. The van der Waals surface area contributed by atoms with Gasteiger partial charge in [0.15, 0.2) is 0 Å². The van der Waals surface area contributed by atoms with E-state index in [4.69, 9.17) is 4.74 Å². The van der Waals surface area contributed by atoms with Gasteiger partial charge in [0.05, 0.1) is 0 Å². The second-order valence-electron chi connectivity index (χ2n) is 5.34. The van der Waals surface area contributed by atoms with Crippen LogP contribution >= 0.6 is 0 Å². The van der Waals surface area contributed by atoms with Gasteiger partial charge in [-0.05, 0) is 12.3 Å². The van der Waals surface area contributed by atoms with Crippen LogP contribution < -0.4 is 5.32 Å². The molecule has 2 amide bonds. The third-order valence-electron chi connectivity index (χ3n) is 3.18. The first-order valence-electron chi connectivity index (χ1n) is 6.18. The molecule has 0 spiro atoms. The minimum Gasteiger partial charge on any atom is -0.366 e. The van der Waals surface area contributed by atoms with E-state index in [2.05, 4.69) is 5.32 Å². The molecule has 0 aromatic heterocycles. The van der Waals surface area contributed by atoms with Crippen LogP contribution in [-0.2, 0) is 14.3 Å². The largest absolute Gasteiger partial charge is 0.366 e. The van der Waals surface area contributed by atoms with Crippen LogP contribution in [-0.4, -0.2) is 48.1 Å². The zero-order chi connectivity index (χ0) is 12.6. The van der Waals surface area contributed by atoms with Gasteiger partial charge in [-0.25, -0.2) is 0 Å². The number of morpholine rings is 1. The number of epoxide rings is 1. The number of hydrogen-bond acceptors (Lipinski definition) is 3. The Kier molecular flexibility index (Phi) is 3.38. The molecule has 5 heteroatoms. The van der Waals surface area contributed by atoms with Gasteiger partial charge in [0.2, 0.25) is 11.8 Å². The monoisotopic (exact) mass is 240 g/mol. The Morgan fingerprint density at radius 2 is 1.94 bits per heavy atom. The second-order valence-corrected chi connectivity index (χ2v) is 5.34. The zero-order valence-corrected chi connectivity index (χ0v) is 10.6. The number of fused-ring (bicyclic) bond motifs is 1. The van der Waals surface area contributed by atoms with E-state index in [9.17, 15) is 9.59 Å². The Bertz CT molecular complexity index is 320. The van der Waals surface area contributed by atoms with Crippen LogP contribution in [0.2, 0.25) is 0 Å². The molecule has 2 aliphatic heterocycles. The highest BCUT2D eigenvalue weighted by atomic mass is 16.6. The third kappa shape index (κ3) is 2.97. The van der Waals surface area contributed by atoms with Crippen molar-refractivity contribution >= 4 is 11.8 Å². The van der Waals surface area contributed by atoms with E-state index in [1.165, 1.54) is 6.92 Å². The maximum atomic E-state index is 12.2. The van der Waals surface area contributed by atoms with E-state index >= 15 is 0 Å². The Balaban J connectivity index is 1.93. The number of nitrogens with zero attached hydrogens (tertiary/aromatic N) is 1. The van der Waals surface area contributed by atoms with Gasteiger partial charge in [0, 0.05) is 20.0 Å². The number of hydrogen-bond donors (Lipinski definition) is 1. The van der Waals surface area contributed by atoms with Gasteiger partial charge in [0.25, 0.3) is 0 Å². The van der Waals surface area contributed by atoms with E-state index in [0.29, 0.717) is 25.4 Å². The molecule has 2 aliphatic rings. The zero-order valence-electron chi connectivity index (χ0n) is 10.6. The summed E-state index contributed by atoms with van der Waals surface area (Å²) in [6, 6.07) is -0.384. The predicted octanol–water partition coefficient (Wildman–Crippen LogP) is 0.147. The Hall–Kier alpha value is -1.10. The van der Waals surface area contributed by atoms with Crippen molar-refractivity contribution in [2.24, 2.45) is 5.92 Å². The molecule has 1 N–H and O–H groups in total. The normalized spacial score (nSPS) is 27.9. The molecule has 2 fully saturated rings. The van der Waals surface area contributed by atoms with Gasteiger partial charge in [-0.15, -0.1) is 0 Å². The van der Waals surface area contributed by atoms with Crippen LogP contribution in [0.1, 0.15) is 27.2 Å². The van der Waals surface area contributed by atoms with E-state index in [-0.39, 0.29) is 30.1 Å². The van der Waals surface area contributed by atoms with Gasteiger partial charge in [-0.2, -0.15) is 0 Å². The number of amides is 2. The van der Waals surface area contributed by atoms with Crippen molar-refractivity contribution in [3.8, 4) is 0 Å². The van der Waals surface area contributed by atoms with Gasteiger partial charge in [-0.3, -0.25) is 9.59 Å². The molecule has 2 saturated heterocycles. The molecule has 0 radical (unpaired) electrons. The van der Waals surface area contributed by atoms with Crippen molar-refractivity contribution < 1.29 is 14.3 Å². The fraction of sp³-hybridized carbons (Fsp3) is 0.833. The predicted molar refractivity (Wildman–Crippen MR) is 62.3 cm³/mol. The summed E-state index contributed by atoms with van der Waals surface area (Å²) in [5, 5.41) is 2.75. The van der Waals surface area contributed by atoms with Crippen LogP contribution in [0.3, 0.4) is 0 Å². The molecular formula is C12H20N2O3. The van der Waals surface area contributed by atoms with Crippen LogP contribution in [0, 0.1) is 5.92 Å². The average molecular weight is 240 g/mol. The number of carbonyl (C=O) groups is 2. The molecule has 5 nitrogen and oxygen atoms in total. The Morgan fingerprint density at radius 1 is 1.35 bits per heavy atom. The highest BCUT2D eigenvalue weighted by Crippen LogP contribution is 2.31. The number of carbonyl (C=O) groups excluding carboxylic acids is 2. The number of nitrogens with one attached hydrogen (secondary N) is 1. The molecule has 0 aliphatic carbocycles. The Morgan fingerprint density at radius 3 is 2.41 bits per heavy atom. The summed E-state index contributed by atoms with van der Waals surface area (Å²) in [7, 11) is 0. The van der Waals surface area contributed by atoms with Crippen molar-refractivity contribution in [3.63, 3.8) is 0 Å². The van der Waals surface area contributed by atoms with Crippen molar-refractivity contribution in [2.45, 2.75) is 45.4 Å². The first-order valence-corrected chi connectivity index (χ1v) is 6.18. The highest BCUT2D eigenvalue weighted by molar-refractivity contribution is 5.87. The SMILES string of the molecule is CC(=O)N[C@@H](CC(C)C)C(=O)N1CC2OC2C1. The van der Waals surface area contributed by atoms with Crippen LogP contribution in [0.4, 0.5) is 0 Å². The van der Waals surface area contributed by atoms with Gasteiger partial charge in [-0.1, -0.05) is 13.8 Å². The number of likely N-dealkylation sites (tertiary alicyclic amines) is 1. The fourth-order valence-electron chi connectivity index (χ4n) is 2.35. The van der Waals surface area contributed by atoms with E-state index in [0.717, 1.165) is 0 Å². The van der Waals surface area contributed by atoms with Gasteiger partial charge in [0.1, 0.15) is 18.2 Å². The standard InChI is InChI=1S/C12H20N2O3/c1-7(2)4-9(13-8(3)15)12(16)14-5-10-11(6-14)17-10/h7,9-11H,4-6H2,1-3H3,(H,13,15)/t9-,10?,11?/m0/s1. The average Bonchev–Trinajstić information content (AvgIpc) is 2.82. The molecule has 3 atom stereocenters. The topological polar surface area (TPSA) is 61.9 Å². The molecule has 0 aromatic rings. The minimum absolute atomic E-state index is 0.0321. The highest BCUT2D eigenvalue weighted by Gasteiger charge is 2.49. The maximum absolute atomic E-state index is 12.2. The molecular weight excluding hydrogens is 220 g/mol. The van der Waals surface area contributed by atoms with Crippen LogP contribution in [0.15, 0.2) is 0 Å². The van der Waals surface area contributed by atoms with Crippen LogP contribution in [0.25, 0.3) is 0 Å². The number of rotatable bonds is 4. The molecule has 0 saturated carbocycles. The van der Waals surface area contributed by atoms with Crippen molar-refractivity contribution in [3.05, 3.63) is 0 Å². The lowest BCUT2D eigenvalue weighted by atomic mass is 10.0. The second kappa shape index (κ2) is 4.64. The Labute approximate surface area is 101 Å². The summed E-state index contributed by atoms with van der Waals surface area (Å²) in [5.74, 6) is 0.262. The molecule has 96 valence electrons. The smallest absolute Gasteiger partial charge is 0.245 e. The van der Waals surface area contributed by atoms with E-state index in [1.807, 2.05) is 18.7 Å². The van der Waals surface area contributed by atoms with Crippen LogP contribution in [0.5, 0.6) is 0 Å². The fourth-order valence-corrected chi connectivity index (χ4v) is 2.35. The summed E-state index contributed by atoms with van der Waals surface area (Å²) < 4.78 is 5.29. The molecule has 0 aromatic carbocycles. The first-order chi connectivity index (χ1) is 7.97. The molecule has 2 rings (SSSR count). The van der Waals surface area contributed by atoms with Gasteiger partial charge < -0.3 is 15.0 Å². The van der Waals surface area contributed by atoms with E-state index < -0.39 is 0 Å². The number of ether oxygens (including phenoxy) is 1. The lowest BCUT2D eigenvalue weighted by Gasteiger charge is -2.25. The van der Waals surface area contributed by atoms with E-state index in [1.54, 1.807) is 0 Å². The summed E-state index contributed by atoms with van der Waals surface area (Å²) in [4.78, 5) is 25.2. The molecule has 17 heavy (non-hydrogen) atoms. The van der Waals surface area contributed by atoms with Crippen molar-refractivity contribution in [2.75, 3.05) is 13.1 Å². The lowest BCUT2D eigenvalue weighted by Crippen LogP contribution is -2.48. The summed E-state index contributed by atoms with van der Waals surface area (Å²) in [6.45, 7) is 6.90. The summed E-state index contributed by atoms with van der Waals surface area (Å²) in [5.41, 5.74) is 0. The summed E-state index contributed by atoms with van der Waals surface area (Å²) >= 11 is 0. The molecule has 2 unspecified atom stereocenters. The quantitative estimate of drug-likeness (QED) is 0.711. The lowest BCUT2D eigenvalue weighted by molar-refractivity contribution is -0.136. The maximum Gasteiger partial charge on any atom is 0.245 e. The van der Waals surface area contributed by atoms with Crippen molar-refractivity contribution in [1.82, 2.24) is 10.2 Å². The molecule has 2 heterocycles. The van der Waals surface area contributed by atoms with Crippen molar-refractivity contribution in [1.29, 1.82) is 0 Å². The first kappa shape index (κ1) is 12.4. The molecule has 0 bridgehead atoms.